The van der Waals surface area contributed by atoms with Gasteiger partial charge in [0.05, 0.1) is 17.7 Å². The van der Waals surface area contributed by atoms with Crippen LogP contribution < -0.4 is 5.73 Å². The molecule has 2 aliphatic rings. The number of fused-ring (bicyclic) bond motifs is 3. The van der Waals surface area contributed by atoms with E-state index < -0.39 is 0 Å². The second kappa shape index (κ2) is 3.72. The molecule has 4 heteroatoms. The van der Waals surface area contributed by atoms with Crippen molar-refractivity contribution in [3.8, 4) is 0 Å². The molecule has 1 fully saturated rings. The van der Waals surface area contributed by atoms with Crippen LogP contribution in [-0.4, -0.2) is 27.0 Å². The summed E-state index contributed by atoms with van der Waals surface area (Å²) in [4.78, 5) is 7.31. The van der Waals surface area contributed by atoms with Gasteiger partial charge in [-0.25, -0.2) is 4.98 Å². The van der Waals surface area contributed by atoms with E-state index in [2.05, 4.69) is 15.5 Å². The topological polar surface area (TPSA) is 47.1 Å². The summed E-state index contributed by atoms with van der Waals surface area (Å²) in [5.74, 6) is 1.21. The minimum atomic E-state index is 0.800. The molecule has 2 N–H and O–H groups in total. The maximum absolute atomic E-state index is 5.83. The Morgan fingerprint density at radius 3 is 2.94 bits per heavy atom. The number of rotatable bonds is 1. The van der Waals surface area contributed by atoms with Crippen molar-refractivity contribution in [3.63, 3.8) is 0 Å². The van der Waals surface area contributed by atoms with Crippen molar-refractivity contribution in [1.29, 1.82) is 0 Å². The number of nitrogen functional groups attached to an aromatic ring is 1. The molecule has 18 heavy (non-hydrogen) atoms. The molecule has 4 rings (SSSR count). The minimum Gasteiger partial charge on any atom is -0.399 e. The highest BCUT2D eigenvalue weighted by Crippen LogP contribution is 2.29. The van der Waals surface area contributed by atoms with E-state index >= 15 is 0 Å². The van der Waals surface area contributed by atoms with Gasteiger partial charge in [0.15, 0.2) is 0 Å². The molecule has 0 atom stereocenters. The first kappa shape index (κ1) is 10.4. The lowest BCUT2D eigenvalue weighted by Crippen LogP contribution is -2.45. The van der Waals surface area contributed by atoms with Crippen LogP contribution in [-0.2, 0) is 13.1 Å². The van der Waals surface area contributed by atoms with Gasteiger partial charge in [0.25, 0.3) is 0 Å². The Bertz CT molecular complexity index is 597. The fraction of sp³-hybridized carbons (Fsp3) is 0.500. The van der Waals surface area contributed by atoms with Crippen molar-refractivity contribution >= 4 is 16.7 Å². The summed E-state index contributed by atoms with van der Waals surface area (Å²) in [6.07, 6.45) is 5.20. The molecule has 1 aliphatic carbocycles. The van der Waals surface area contributed by atoms with Gasteiger partial charge in [-0.05, 0) is 31.0 Å². The van der Waals surface area contributed by atoms with E-state index in [1.54, 1.807) is 0 Å². The van der Waals surface area contributed by atoms with Gasteiger partial charge < -0.3 is 10.3 Å². The second-order valence-electron chi connectivity index (χ2n) is 5.49. The van der Waals surface area contributed by atoms with E-state index in [9.17, 15) is 0 Å². The first-order valence-electron chi connectivity index (χ1n) is 6.80. The van der Waals surface area contributed by atoms with Gasteiger partial charge in [-0.2, -0.15) is 0 Å². The number of nitrogens with zero attached hydrogens (tertiary/aromatic N) is 3. The number of aromatic nitrogens is 2. The maximum atomic E-state index is 5.83. The maximum Gasteiger partial charge on any atom is 0.112 e. The summed E-state index contributed by atoms with van der Waals surface area (Å²) in [5.41, 5.74) is 8.90. The first-order valence-corrected chi connectivity index (χ1v) is 6.80. The molecule has 0 unspecified atom stereocenters. The summed E-state index contributed by atoms with van der Waals surface area (Å²) in [6.45, 7) is 2.16. The highest BCUT2D eigenvalue weighted by Gasteiger charge is 2.28. The van der Waals surface area contributed by atoms with Gasteiger partial charge in [0, 0.05) is 24.7 Å². The molecule has 0 amide bonds. The average Bonchev–Trinajstić information content (AvgIpc) is 2.63. The molecule has 0 spiro atoms. The summed E-state index contributed by atoms with van der Waals surface area (Å²) < 4.78 is 2.36. The SMILES string of the molecule is Nc1ccc2c(c1)nc1n2CN(C2CCC2)CC1. The van der Waals surface area contributed by atoms with Gasteiger partial charge in [0.1, 0.15) is 5.82 Å². The third-order valence-corrected chi connectivity index (χ3v) is 4.39. The minimum absolute atomic E-state index is 0.800. The summed E-state index contributed by atoms with van der Waals surface area (Å²) in [6, 6.07) is 6.86. The van der Waals surface area contributed by atoms with Crippen LogP contribution in [0.3, 0.4) is 0 Å². The molecule has 1 aromatic heterocycles. The molecule has 94 valence electrons. The number of nitrogens with two attached hydrogens (primary N) is 1. The lowest BCUT2D eigenvalue weighted by Gasteiger charge is -2.40. The van der Waals surface area contributed by atoms with E-state index in [-0.39, 0.29) is 0 Å². The first-order chi connectivity index (χ1) is 8.81. The molecule has 1 aliphatic heterocycles. The van der Waals surface area contributed by atoms with E-state index in [4.69, 9.17) is 10.7 Å². The fourth-order valence-electron chi connectivity index (χ4n) is 3.09. The molecular formula is C14H18N4. The predicted octanol–water partition coefficient (Wildman–Crippen LogP) is 1.99. The monoisotopic (exact) mass is 242 g/mol. The third-order valence-electron chi connectivity index (χ3n) is 4.39. The molecule has 4 nitrogen and oxygen atoms in total. The van der Waals surface area contributed by atoms with E-state index in [1.807, 2.05) is 12.1 Å². The van der Waals surface area contributed by atoms with Gasteiger partial charge in [0.2, 0.25) is 0 Å². The highest BCUT2D eigenvalue weighted by molar-refractivity contribution is 5.79. The molecule has 1 saturated carbocycles. The van der Waals surface area contributed by atoms with Crippen molar-refractivity contribution in [2.75, 3.05) is 12.3 Å². The van der Waals surface area contributed by atoms with Gasteiger partial charge in [-0.1, -0.05) is 6.42 Å². The van der Waals surface area contributed by atoms with Crippen molar-refractivity contribution in [3.05, 3.63) is 24.0 Å². The van der Waals surface area contributed by atoms with Crippen molar-refractivity contribution in [1.82, 2.24) is 14.5 Å². The van der Waals surface area contributed by atoms with Crippen LogP contribution in [0.5, 0.6) is 0 Å². The Labute approximate surface area is 106 Å². The quantitative estimate of drug-likeness (QED) is 0.778. The van der Waals surface area contributed by atoms with Crippen LogP contribution >= 0.6 is 0 Å². The zero-order chi connectivity index (χ0) is 12.1. The van der Waals surface area contributed by atoms with E-state index in [0.717, 1.165) is 36.9 Å². The highest BCUT2D eigenvalue weighted by atomic mass is 15.3. The Hall–Kier alpha value is -1.55. The van der Waals surface area contributed by atoms with Crippen LogP contribution in [0.1, 0.15) is 25.1 Å². The van der Waals surface area contributed by atoms with Crippen molar-refractivity contribution in [2.24, 2.45) is 0 Å². The number of imidazole rings is 1. The molecule has 0 saturated heterocycles. The Kier molecular flexibility index (Phi) is 2.14. The van der Waals surface area contributed by atoms with Gasteiger partial charge in [-0.15, -0.1) is 0 Å². The second-order valence-corrected chi connectivity index (χ2v) is 5.49. The smallest absolute Gasteiger partial charge is 0.112 e. The van der Waals surface area contributed by atoms with Crippen LogP contribution in [0.25, 0.3) is 11.0 Å². The molecular weight excluding hydrogens is 224 g/mol. The van der Waals surface area contributed by atoms with Crippen LogP contribution in [0.4, 0.5) is 5.69 Å². The standard InChI is InChI=1S/C14H18N4/c15-10-4-5-13-12(8-10)16-14-6-7-17(9-18(13)14)11-2-1-3-11/h4-5,8,11H,1-3,6-7,9,15H2. The number of anilines is 1. The van der Waals surface area contributed by atoms with Crippen LogP contribution in [0, 0.1) is 0 Å². The van der Waals surface area contributed by atoms with Gasteiger partial charge >= 0.3 is 0 Å². The lowest BCUT2D eigenvalue weighted by molar-refractivity contribution is 0.0812. The average molecular weight is 242 g/mol. The van der Waals surface area contributed by atoms with Crippen LogP contribution in [0.15, 0.2) is 18.2 Å². The third kappa shape index (κ3) is 1.45. The Morgan fingerprint density at radius 2 is 2.17 bits per heavy atom. The zero-order valence-corrected chi connectivity index (χ0v) is 10.5. The van der Waals surface area contributed by atoms with Crippen molar-refractivity contribution < 1.29 is 0 Å². The normalized spacial score (nSPS) is 20.9. The Morgan fingerprint density at radius 1 is 1.28 bits per heavy atom. The Balaban J connectivity index is 1.75. The van der Waals surface area contributed by atoms with E-state index in [0.29, 0.717) is 0 Å². The zero-order valence-electron chi connectivity index (χ0n) is 10.5. The predicted molar refractivity (Wildman–Crippen MR) is 72.2 cm³/mol. The molecule has 2 heterocycles. The summed E-state index contributed by atoms with van der Waals surface area (Å²) in [5, 5.41) is 0. The van der Waals surface area contributed by atoms with Gasteiger partial charge in [-0.3, -0.25) is 4.90 Å². The molecule has 0 bridgehead atoms. The number of benzene rings is 1. The van der Waals surface area contributed by atoms with E-state index in [1.165, 1.54) is 30.6 Å². The molecule has 2 aromatic rings. The largest absolute Gasteiger partial charge is 0.399 e. The lowest BCUT2D eigenvalue weighted by atomic mass is 9.91. The van der Waals surface area contributed by atoms with Crippen LogP contribution in [0.2, 0.25) is 0 Å². The number of hydrogen-bond acceptors (Lipinski definition) is 3. The molecule has 0 radical (unpaired) electrons. The summed E-state index contributed by atoms with van der Waals surface area (Å²) in [7, 11) is 0. The molecule has 1 aromatic carbocycles. The fourth-order valence-corrected chi connectivity index (χ4v) is 3.09. The van der Waals surface area contributed by atoms with Crippen molar-refractivity contribution in [2.45, 2.75) is 38.4 Å². The number of hydrogen-bond donors (Lipinski definition) is 1. The summed E-state index contributed by atoms with van der Waals surface area (Å²) >= 11 is 0.